The lowest BCUT2D eigenvalue weighted by atomic mass is 9.82. The molecule has 2 heterocycles. The minimum atomic E-state index is -0.732. The lowest BCUT2D eigenvalue weighted by molar-refractivity contribution is 0.0859. The quantitative estimate of drug-likeness (QED) is 0.775. The average Bonchev–Trinajstić information content (AvgIpc) is 2.70. The van der Waals surface area contributed by atoms with E-state index in [1.165, 1.54) is 10.6 Å². The third-order valence-corrected chi connectivity index (χ3v) is 4.95. The van der Waals surface area contributed by atoms with Crippen molar-refractivity contribution in [3.8, 4) is 6.07 Å². The van der Waals surface area contributed by atoms with E-state index < -0.39 is 5.66 Å². The largest absolute Gasteiger partial charge is 0.327 e. The molecule has 0 atom stereocenters. The standard InChI is InChI=1S/C13H11BrClN3O2/c14-8-5-9(15)10-11(19)17-13(18(10)12(8)20)3-1-7(6-16)2-4-13/h5,7H,1-4H2,(H,17,19). The van der Waals surface area contributed by atoms with Gasteiger partial charge in [-0.1, -0.05) is 11.6 Å². The summed E-state index contributed by atoms with van der Waals surface area (Å²) in [6, 6.07) is 3.70. The van der Waals surface area contributed by atoms with Crippen LogP contribution in [0.5, 0.6) is 0 Å². The molecular formula is C13H11BrClN3O2. The van der Waals surface area contributed by atoms with Crippen molar-refractivity contribution in [2.75, 3.05) is 0 Å². The van der Waals surface area contributed by atoms with Gasteiger partial charge in [0.1, 0.15) is 11.4 Å². The van der Waals surface area contributed by atoms with Crippen molar-refractivity contribution in [3.63, 3.8) is 0 Å². The van der Waals surface area contributed by atoms with Crippen molar-refractivity contribution >= 4 is 33.4 Å². The lowest BCUT2D eigenvalue weighted by Gasteiger charge is -2.36. The van der Waals surface area contributed by atoms with Crippen LogP contribution in [0.1, 0.15) is 36.2 Å². The number of hydrogen-bond acceptors (Lipinski definition) is 3. The highest BCUT2D eigenvalue weighted by molar-refractivity contribution is 9.10. The van der Waals surface area contributed by atoms with Crippen LogP contribution in [-0.2, 0) is 5.66 Å². The van der Waals surface area contributed by atoms with Gasteiger partial charge in [-0.25, -0.2) is 0 Å². The summed E-state index contributed by atoms with van der Waals surface area (Å²) in [6.45, 7) is 0. The maximum absolute atomic E-state index is 12.4. The lowest BCUT2D eigenvalue weighted by Crippen LogP contribution is -2.49. The molecular weight excluding hydrogens is 346 g/mol. The first-order valence-corrected chi connectivity index (χ1v) is 7.49. The van der Waals surface area contributed by atoms with Gasteiger partial charge in [-0.15, -0.1) is 0 Å². The number of carbonyl (C=O) groups excluding carboxylic acids is 1. The molecule has 1 amide bonds. The van der Waals surface area contributed by atoms with Gasteiger partial charge in [-0.05, 0) is 47.7 Å². The molecule has 20 heavy (non-hydrogen) atoms. The Morgan fingerprint density at radius 3 is 2.70 bits per heavy atom. The van der Waals surface area contributed by atoms with Gasteiger partial charge < -0.3 is 5.32 Å². The van der Waals surface area contributed by atoms with Crippen LogP contribution < -0.4 is 10.9 Å². The number of halogens is 2. The molecule has 0 unspecified atom stereocenters. The van der Waals surface area contributed by atoms with Gasteiger partial charge in [-0.3, -0.25) is 14.2 Å². The Balaban J connectivity index is 2.15. The summed E-state index contributed by atoms with van der Waals surface area (Å²) in [4.78, 5) is 24.5. The number of pyridine rings is 1. The zero-order valence-electron chi connectivity index (χ0n) is 10.4. The third kappa shape index (κ3) is 1.80. The highest BCUT2D eigenvalue weighted by Crippen LogP contribution is 2.40. The molecule has 104 valence electrons. The molecule has 0 saturated heterocycles. The van der Waals surface area contributed by atoms with Crippen LogP contribution in [0.3, 0.4) is 0 Å². The Bertz CT molecular complexity index is 699. The maximum Gasteiger partial charge on any atom is 0.271 e. The predicted octanol–water partition coefficient (Wildman–Crippen LogP) is 2.37. The van der Waals surface area contributed by atoms with Crippen LogP contribution in [0.4, 0.5) is 0 Å². The topological polar surface area (TPSA) is 74.9 Å². The van der Waals surface area contributed by atoms with E-state index in [9.17, 15) is 9.59 Å². The molecule has 1 aliphatic heterocycles. The zero-order valence-corrected chi connectivity index (χ0v) is 12.8. The molecule has 1 spiro atoms. The Kier molecular flexibility index (Phi) is 3.14. The van der Waals surface area contributed by atoms with E-state index in [4.69, 9.17) is 16.9 Å². The SMILES string of the molecule is N#CC1CCC2(CC1)NC(=O)c1c(Cl)cc(Br)c(=O)n12. The summed E-state index contributed by atoms with van der Waals surface area (Å²) in [5, 5.41) is 12.1. The van der Waals surface area contributed by atoms with E-state index in [1.54, 1.807) is 0 Å². The first-order valence-electron chi connectivity index (χ1n) is 6.32. The molecule has 5 nitrogen and oxygen atoms in total. The molecule has 0 bridgehead atoms. The van der Waals surface area contributed by atoms with Crippen molar-refractivity contribution in [3.05, 3.63) is 31.6 Å². The number of aromatic nitrogens is 1. The van der Waals surface area contributed by atoms with Gasteiger partial charge in [0.2, 0.25) is 0 Å². The molecule has 1 aromatic heterocycles. The molecule has 0 aromatic carbocycles. The molecule has 2 aliphatic rings. The van der Waals surface area contributed by atoms with Crippen LogP contribution in [0.25, 0.3) is 0 Å². The van der Waals surface area contributed by atoms with Gasteiger partial charge in [0.25, 0.3) is 11.5 Å². The van der Waals surface area contributed by atoms with E-state index in [1.807, 2.05) is 0 Å². The van der Waals surface area contributed by atoms with Crippen LogP contribution in [-0.4, -0.2) is 10.5 Å². The fourth-order valence-corrected chi connectivity index (χ4v) is 3.89. The molecule has 1 N–H and O–H groups in total. The fourth-order valence-electron chi connectivity index (χ4n) is 3.07. The molecule has 7 heteroatoms. The summed E-state index contributed by atoms with van der Waals surface area (Å²) in [6.07, 6.45) is 2.45. The van der Waals surface area contributed by atoms with Crippen molar-refractivity contribution in [1.82, 2.24) is 9.88 Å². The summed E-state index contributed by atoms with van der Waals surface area (Å²) < 4.78 is 1.81. The number of hydrogen-bond donors (Lipinski definition) is 1. The second kappa shape index (κ2) is 4.61. The molecule has 3 rings (SSSR count). The zero-order chi connectivity index (χ0) is 14.5. The van der Waals surface area contributed by atoms with Gasteiger partial charge in [-0.2, -0.15) is 5.26 Å². The van der Waals surface area contributed by atoms with Gasteiger partial charge in [0, 0.05) is 5.92 Å². The normalized spacial score (nSPS) is 28.1. The summed E-state index contributed by atoms with van der Waals surface area (Å²) in [5.74, 6) is -0.338. The van der Waals surface area contributed by atoms with Crippen LogP contribution in [0, 0.1) is 17.2 Å². The maximum atomic E-state index is 12.4. The minimum Gasteiger partial charge on any atom is -0.327 e. The second-order valence-corrected chi connectivity index (χ2v) is 6.48. The van der Waals surface area contributed by atoms with E-state index in [0.29, 0.717) is 30.2 Å². The third-order valence-electron chi connectivity index (χ3n) is 4.10. The smallest absolute Gasteiger partial charge is 0.271 e. The summed E-state index contributed by atoms with van der Waals surface area (Å²) >= 11 is 9.28. The number of nitriles is 1. The highest BCUT2D eigenvalue weighted by Gasteiger charge is 2.46. The molecule has 0 radical (unpaired) electrons. The molecule has 1 saturated carbocycles. The Hall–Kier alpha value is -1.32. The van der Waals surface area contributed by atoms with Crippen molar-refractivity contribution < 1.29 is 4.79 Å². The first-order chi connectivity index (χ1) is 9.48. The first kappa shape index (κ1) is 13.7. The molecule has 1 aromatic rings. The number of fused-ring (bicyclic) bond motifs is 2. The number of nitrogens with one attached hydrogen (secondary N) is 1. The van der Waals surface area contributed by atoms with E-state index >= 15 is 0 Å². The number of carbonyl (C=O) groups is 1. The Labute approximate surface area is 128 Å². The minimum absolute atomic E-state index is 0.0140. The van der Waals surface area contributed by atoms with E-state index in [-0.39, 0.29) is 28.1 Å². The van der Waals surface area contributed by atoms with Gasteiger partial charge in [0.15, 0.2) is 0 Å². The summed E-state index contributed by atoms with van der Waals surface area (Å²) in [7, 11) is 0. The fraction of sp³-hybridized carbons (Fsp3) is 0.462. The number of amides is 1. The van der Waals surface area contributed by atoms with Crippen LogP contribution in [0.15, 0.2) is 15.3 Å². The van der Waals surface area contributed by atoms with Crippen molar-refractivity contribution in [2.45, 2.75) is 31.3 Å². The van der Waals surface area contributed by atoms with Crippen molar-refractivity contribution in [1.29, 1.82) is 5.26 Å². The van der Waals surface area contributed by atoms with E-state index in [2.05, 4.69) is 27.3 Å². The second-order valence-electron chi connectivity index (χ2n) is 5.22. The van der Waals surface area contributed by atoms with Gasteiger partial charge in [0.05, 0.1) is 15.6 Å². The number of nitrogens with zero attached hydrogens (tertiary/aromatic N) is 2. The molecule has 1 aliphatic carbocycles. The van der Waals surface area contributed by atoms with Crippen LogP contribution >= 0.6 is 27.5 Å². The number of rotatable bonds is 0. The molecule has 1 fully saturated rings. The average molecular weight is 357 g/mol. The predicted molar refractivity (Wildman–Crippen MR) is 76.4 cm³/mol. The summed E-state index contributed by atoms with van der Waals surface area (Å²) in [5.41, 5.74) is -0.780. The monoisotopic (exact) mass is 355 g/mol. The van der Waals surface area contributed by atoms with Crippen LogP contribution in [0.2, 0.25) is 5.02 Å². The van der Waals surface area contributed by atoms with Crippen molar-refractivity contribution in [2.24, 2.45) is 5.92 Å². The Morgan fingerprint density at radius 1 is 1.45 bits per heavy atom. The Morgan fingerprint density at radius 2 is 2.10 bits per heavy atom. The van der Waals surface area contributed by atoms with E-state index in [0.717, 1.165) is 0 Å². The highest BCUT2D eigenvalue weighted by atomic mass is 79.9. The van der Waals surface area contributed by atoms with Gasteiger partial charge >= 0.3 is 0 Å².